The molecule has 5 rings (SSSR count). The van der Waals surface area contributed by atoms with Crippen molar-refractivity contribution in [3.8, 4) is 11.5 Å². The van der Waals surface area contributed by atoms with E-state index in [0.717, 1.165) is 10.8 Å². The number of rotatable bonds is 4. The number of methoxy groups -OCH3 is 2. The number of piperidine rings is 1. The Balaban J connectivity index is 1.36. The molecule has 0 atom stereocenters. The largest absolute Gasteiger partial charge is 0.496 e. The first-order valence-electron chi connectivity index (χ1n) is 11.8. The van der Waals surface area contributed by atoms with Gasteiger partial charge < -0.3 is 30.3 Å². The Bertz CT molecular complexity index is 1380. The van der Waals surface area contributed by atoms with Gasteiger partial charge in [-0.1, -0.05) is 24.3 Å². The van der Waals surface area contributed by atoms with Crippen LogP contribution in [-0.4, -0.2) is 55.6 Å². The standard InChI is InChI=1S/C27H28N4O5/c1-16(32)28-17-8-9-22-20(14-17)25(33)30-27(29-22)10-12-31(13-11-27)26(34)21-15-23(35-2)18-6-4-5-7-19(18)24(21)36-3/h4-9,14-15,29H,10-13H2,1-3H3,(H,28,32)(H,30,33). The van der Waals surface area contributed by atoms with Gasteiger partial charge in [0.2, 0.25) is 5.91 Å². The maximum atomic E-state index is 13.6. The second kappa shape index (κ2) is 9.07. The molecule has 0 unspecified atom stereocenters. The number of amides is 3. The first kappa shape index (κ1) is 23.5. The Labute approximate surface area is 208 Å². The van der Waals surface area contributed by atoms with Gasteiger partial charge >= 0.3 is 0 Å². The molecule has 2 aliphatic rings. The van der Waals surface area contributed by atoms with Gasteiger partial charge in [0, 0.05) is 55.0 Å². The van der Waals surface area contributed by atoms with Crippen molar-refractivity contribution >= 4 is 39.9 Å². The van der Waals surface area contributed by atoms with Crippen LogP contribution in [0, 0.1) is 0 Å². The molecule has 3 aromatic rings. The summed E-state index contributed by atoms with van der Waals surface area (Å²) in [5.41, 5.74) is 1.53. The van der Waals surface area contributed by atoms with Gasteiger partial charge in [0.15, 0.2) is 0 Å². The lowest BCUT2D eigenvalue weighted by Crippen LogP contribution is -2.62. The summed E-state index contributed by atoms with van der Waals surface area (Å²) in [6, 6.07) is 14.6. The molecule has 2 aliphatic heterocycles. The molecule has 0 bridgehead atoms. The number of carbonyl (C=O) groups excluding carboxylic acids is 3. The molecule has 2 heterocycles. The van der Waals surface area contributed by atoms with Crippen LogP contribution >= 0.6 is 0 Å². The average molecular weight is 489 g/mol. The molecule has 0 saturated carbocycles. The van der Waals surface area contributed by atoms with Crippen LogP contribution in [0.5, 0.6) is 11.5 Å². The Hall–Kier alpha value is -4.27. The maximum absolute atomic E-state index is 13.6. The number of nitrogens with one attached hydrogen (secondary N) is 3. The summed E-state index contributed by atoms with van der Waals surface area (Å²) in [6.07, 6.45) is 1.06. The Kier molecular flexibility index (Phi) is 5.91. The highest BCUT2D eigenvalue weighted by molar-refractivity contribution is 6.06. The second-order valence-corrected chi connectivity index (χ2v) is 9.10. The van der Waals surface area contributed by atoms with E-state index in [1.54, 1.807) is 43.4 Å². The van der Waals surface area contributed by atoms with E-state index in [0.29, 0.717) is 59.9 Å². The fraction of sp³-hybridized carbons (Fsp3) is 0.296. The minimum Gasteiger partial charge on any atom is -0.496 e. The molecule has 3 amide bonds. The molecule has 1 spiro atoms. The summed E-state index contributed by atoms with van der Waals surface area (Å²) in [5, 5.41) is 10.9. The minimum absolute atomic E-state index is 0.145. The number of fused-ring (bicyclic) bond motifs is 2. The normalized spacial score (nSPS) is 16.1. The quantitative estimate of drug-likeness (QED) is 0.518. The van der Waals surface area contributed by atoms with Crippen molar-refractivity contribution in [2.75, 3.05) is 37.9 Å². The van der Waals surface area contributed by atoms with E-state index in [-0.39, 0.29) is 17.7 Å². The van der Waals surface area contributed by atoms with Crippen molar-refractivity contribution in [2.24, 2.45) is 0 Å². The SMILES string of the molecule is COc1cc(C(=O)N2CCC3(CC2)NC(=O)c2cc(NC(C)=O)ccc2N3)c(OC)c2ccccc12. The van der Waals surface area contributed by atoms with Gasteiger partial charge in [-0.3, -0.25) is 14.4 Å². The minimum atomic E-state index is -0.651. The van der Waals surface area contributed by atoms with E-state index in [1.807, 2.05) is 24.3 Å². The molecule has 3 N–H and O–H groups in total. The van der Waals surface area contributed by atoms with Gasteiger partial charge in [-0.25, -0.2) is 0 Å². The third-order valence-electron chi connectivity index (χ3n) is 6.83. The molecular formula is C27H28N4O5. The first-order valence-corrected chi connectivity index (χ1v) is 11.8. The zero-order valence-corrected chi connectivity index (χ0v) is 20.4. The topological polar surface area (TPSA) is 109 Å². The van der Waals surface area contributed by atoms with E-state index < -0.39 is 5.66 Å². The van der Waals surface area contributed by atoms with Crippen molar-refractivity contribution in [2.45, 2.75) is 25.4 Å². The van der Waals surface area contributed by atoms with E-state index in [4.69, 9.17) is 9.47 Å². The van der Waals surface area contributed by atoms with Gasteiger partial charge in [0.05, 0.1) is 25.3 Å². The summed E-state index contributed by atoms with van der Waals surface area (Å²) in [7, 11) is 3.15. The van der Waals surface area contributed by atoms with Crippen molar-refractivity contribution in [1.29, 1.82) is 0 Å². The van der Waals surface area contributed by atoms with E-state index in [9.17, 15) is 14.4 Å². The van der Waals surface area contributed by atoms with Crippen LogP contribution in [0.4, 0.5) is 11.4 Å². The van der Waals surface area contributed by atoms with Crippen molar-refractivity contribution in [3.63, 3.8) is 0 Å². The van der Waals surface area contributed by atoms with E-state index in [1.165, 1.54) is 6.92 Å². The van der Waals surface area contributed by atoms with Crippen LogP contribution in [0.1, 0.15) is 40.5 Å². The van der Waals surface area contributed by atoms with Crippen molar-refractivity contribution in [1.82, 2.24) is 10.2 Å². The fourth-order valence-electron chi connectivity index (χ4n) is 5.07. The summed E-state index contributed by atoms with van der Waals surface area (Å²) >= 11 is 0. The molecule has 186 valence electrons. The molecule has 1 saturated heterocycles. The number of ether oxygens (including phenoxy) is 2. The molecule has 3 aromatic carbocycles. The summed E-state index contributed by atoms with van der Waals surface area (Å²) in [4.78, 5) is 39.7. The number of hydrogen-bond donors (Lipinski definition) is 3. The van der Waals surface area contributed by atoms with Crippen LogP contribution in [0.25, 0.3) is 10.8 Å². The smallest absolute Gasteiger partial charge is 0.257 e. The third kappa shape index (κ3) is 4.06. The van der Waals surface area contributed by atoms with Crippen LogP contribution in [0.15, 0.2) is 48.5 Å². The predicted molar refractivity (Wildman–Crippen MR) is 137 cm³/mol. The number of hydrogen-bond acceptors (Lipinski definition) is 6. The lowest BCUT2D eigenvalue weighted by Gasteiger charge is -2.46. The average Bonchev–Trinajstić information content (AvgIpc) is 2.88. The molecular weight excluding hydrogens is 460 g/mol. The van der Waals surface area contributed by atoms with Crippen LogP contribution in [-0.2, 0) is 4.79 Å². The summed E-state index contributed by atoms with van der Waals surface area (Å²) in [6.45, 7) is 2.32. The Morgan fingerprint density at radius 1 is 0.972 bits per heavy atom. The van der Waals surface area contributed by atoms with Crippen molar-refractivity contribution < 1.29 is 23.9 Å². The van der Waals surface area contributed by atoms with E-state index in [2.05, 4.69) is 16.0 Å². The molecule has 0 radical (unpaired) electrons. The summed E-state index contributed by atoms with van der Waals surface area (Å²) < 4.78 is 11.2. The molecule has 0 aromatic heterocycles. The predicted octanol–water partition coefficient (Wildman–Crippen LogP) is 3.60. The maximum Gasteiger partial charge on any atom is 0.257 e. The van der Waals surface area contributed by atoms with Crippen LogP contribution < -0.4 is 25.4 Å². The Morgan fingerprint density at radius 2 is 1.69 bits per heavy atom. The second-order valence-electron chi connectivity index (χ2n) is 9.10. The van der Waals surface area contributed by atoms with Gasteiger partial charge in [-0.15, -0.1) is 0 Å². The monoisotopic (exact) mass is 488 g/mol. The zero-order chi connectivity index (χ0) is 25.4. The van der Waals surface area contributed by atoms with Crippen LogP contribution in [0.2, 0.25) is 0 Å². The van der Waals surface area contributed by atoms with Crippen LogP contribution in [0.3, 0.4) is 0 Å². The number of likely N-dealkylation sites (tertiary alicyclic amines) is 1. The van der Waals surface area contributed by atoms with E-state index >= 15 is 0 Å². The number of nitrogens with zero attached hydrogens (tertiary/aromatic N) is 1. The van der Waals surface area contributed by atoms with Crippen molar-refractivity contribution in [3.05, 3.63) is 59.7 Å². The third-order valence-corrected chi connectivity index (χ3v) is 6.83. The zero-order valence-electron chi connectivity index (χ0n) is 20.4. The molecule has 0 aliphatic carbocycles. The van der Waals surface area contributed by atoms with Gasteiger partial charge in [0.1, 0.15) is 17.2 Å². The van der Waals surface area contributed by atoms with Gasteiger partial charge in [-0.2, -0.15) is 0 Å². The highest BCUT2D eigenvalue weighted by atomic mass is 16.5. The molecule has 36 heavy (non-hydrogen) atoms. The first-order chi connectivity index (χ1) is 17.3. The van der Waals surface area contributed by atoms with Gasteiger partial charge in [0.25, 0.3) is 11.8 Å². The number of anilines is 2. The van der Waals surface area contributed by atoms with Gasteiger partial charge in [-0.05, 0) is 24.3 Å². The number of carbonyl (C=O) groups is 3. The lowest BCUT2D eigenvalue weighted by molar-refractivity contribution is -0.114. The summed E-state index contributed by atoms with van der Waals surface area (Å²) in [5.74, 6) is 0.572. The molecule has 9 heteroatoms. The number of benzene rings is 3. The fourth-order valence-corrected chi connectivity index (χ4v) is 5.07. The molecule has 9 nitrogen and oxygen atoms in total. The lowest BCUT2D eigenvalue weighted by atomic mass is 9.91. The molecule has 1 fully saturated rings. The Morgan fingerprint density at radius 3 is 2.36 bits per heavy atom. The highest BCUT2D eigenvalue weighted by Crippen LogP contribution is 2.38. The highest BCUT2D eigenvalue weighted by Gasteiger charge is 2.41.